The maximum atomic E-state index is 14.8. The molecule has 0 unspecified atom stereocenters. The summed E-state index contributed by atoms with van der Waals surface area (Å²) >= 11 is 1.32. The molecule has 10 nitrogen and oxygen atoms in total. The van der Waals surface area contributed by atoms with E-state index in [0.717, 1.165) is 5.69 Å². The number of hydrogen-bond acceptors (Lipinski definition) is 8. The van der Waals surface area contributed by atoms with E-state index in [9.17, 15) is 14.0 Å². The fourth-order valence-corrected chi connectivity index (χ4v) is 3.77. The summed E-state index contributed by atoms with van der Waals surface area (Å²) in [5.74, 6) is -0.502. The Bertz CT molecular complexity index is 1060. The highest BCUT2D eigenvalue weighted by atomic mass is 32.1. The summed E-state index contributed by atoms with van der Waals surface area (Å²) in [7, 11) is 1.24. The molecule has 1 aromatic carbocycles. The number of ether oxygens (including phenoxy) is 2. The predicted molar refractivity (Wildman–Crippen MR) is 105 cm³/mol. The minimum Gasteiger partial charge on any atom is -0.453 e. The first-order valence-electron chi connectivity index (χ1n) is 8.90. The normalized spacial score (nSPS) is 15.9. The van der Waals surface area contributed by atoms with Gasteiger partial charge >= 0.3 is 12.2 Å². The van der Waals surface area contributed by atoms with E-state index < -0.39 is 24.1 Å². The molecule has 2 amide bonds. The lowest BCUT2D eigenvalue weighted by atomic mass is 10.2. The molecule has 3 heterocycles. The molecule has 1 aliphatic rings. The van der Waals surface area contributed by atoms with Gasteiger partial charge in [-0.15, -0.1) is 11.3 Å². The van der Waals surface area contributed by atoms with E-state index in [0.29, 0.717) is 22.8 Å². The number of amides is 2. The Morgan fingerprint density at radius 1 is 1.47 bits per heavy atom. The van der Waals surface area contributed by atoms with Crippen LogP contribution in [0.4, 0.5) is 19.7 Å². The van der Waals surface area contributed by atoms with Crippen LogP contribution in [-0.2, 0) is 16.0 Å². The molecular formula is C18H17FN6O4S. The van der Waals surface area contributed by atoms with Gasteiger partial charge in [0.2, 0.25) is 0 Å². The number of hydrogen-bond donors (Lipinski definition) is 1. The number of anilines is 1. The van der Waals surface area contributed by atoms with Gasteiger partial charge in [0.1, 0.15) is 29.6 Å². The van der Waals surface area contributed by atoms with Gasteiger partial charge in [-0.2, -0.15) is 5.10 Å². The number of nitrogens with one attached hydrogen (secondary N) is 1. The van der Waals surface area contributed by atoms with E-state index in [-0.39, 0.29) is 13.1 Å². The van der Waals surface area contributed by atoms with Gasteiger partial charge in [0, 0.05) is 10.9 Å². The summed E-state index contributed by atoms with van der Waals surface area (Å²) < 4.78 is 26.1. The fraction of sp³-hybridized carbons (Fsp3) is 0.278. The zero-order valence-corrected chi connectivity index (χ0v) is 16.6. The molecule has 1 N–H and O–H groups in total. The van der Waals surface area contributed by atoms with E-state index in [2.05, 4.69) is 25.1 Å². The van der Waals surface area contributed by atoms with E-state index >= 15 is 0 Å². The maximum absolute atomic E-state index is 14.8. The van der Waals surface area contributed by atoms with Crippen molar-refractivity contribution in [3.63, 3.8) is 0 Å². The molecule has 0 aliphatic carbocycles. The van der Waals surface area contributed by atoms with E-state index in [1.807, 2.05) is 5.38 Å². The third-order valence-electron chi connectivity index (χ3n) is 4.37. The van der Waals surface area contributed by atoms with Crippen LogP contribution in [0.15, 0.2) is 36.2 Å². The van der Waals surface area contributed by atoms with Crippen LogP contribution in [0, 0.1) is 5.82 Å². The molecule has 3 aromatic rings. The van der Waals surface area contributed by atoms with Crippen molar-refractivity contribution in [3.8, 4) is 10.6 Å². The average molecular weight is 432 g/mol. The lowest BCUT2D eigenvalue weighted by Crippen LogP contribution is -2.34. The first kappa shape index (κ1) is 19.8. The Balaban J connectivity index is 1.45. The van der Waals surface area contributed by atoms with Crippen molar-refractivity contribution >= 4 is 29.2 Å². The number of cyclic esters (lactones) is 1. The van der Waals surface area contributed by atoms with Gasteiger partial charge in [-0.3, -0.25) is 4.90 Å². The molecule has 0 radical (unpaired) electrons. The molecule has 0 bridgehead atoms. The zero-order valence-electron chi connectivity index (χ0n) is 15.8. The standard InChI is InChI=1S/C18H17FN6O4S/c1-28-17(26)21-5-13-7-25(18(27)29-13)12-2-3-14(15(19)4-12)16-23-11(8-30-16)6-24-10-20-9-22-24/h2-4,8-10,13H,5-7H2,1H3,(H,21,26)/t13-/m0/s1. The molecule has 156 valence electrons. The number of methoxy groups -OCH3 is 1. The Labute approximate surface area is 174 Å². The van der Waals surface area contributed by atoms with Crippen LogP contribution >= 0.6 is 11.3 Å². The minimum absolute atomic E-state index is 0.100. The van der Waals surface area contributed by atoms with Crippen molar-refractivity contribution in [2.24, 2.45) is 0 Å². The van der Waals surface area contributed by atoms with Crippen LogP contribution in [0.25, 0.3) is 10.6 Å². The first-order valence-corrected chi connectivity index (χ1v) is 9.78. The second kappa shape index (κ2) is 8.45. The van der Waals surface area contributed by atoms with E-state index in [4.69, 9.17) is 4.74 Å². The zero-order chi connectivity index (χ0) is 21.1. The summed E-state index contributed by atoms with van der Waals surface area (Å²) in [6, 6.07) is 4.48. The Morgan fingerprint density at radius 2 is 2.33 bits per heavy atom. The van der Waals surface area contributed by atoms with Crippen LogP contribution in [0.1, 0.15) is 5.69 Å². The monoisotopic (exact) mass is 432 g/mol. The molecule has 2 aromatic heterocycles. The molecule has 1 saturated heterocycles. The number of halogens is 1. The molecule has 4 rings (SSSR count). The van der Waals surface area contributed by atoms with Gasteiger partial charge in [-0.1, -0.05) is 0 Å². The van der Waals surface area contributed by atoms with E-state index in [1.54, 1.807) is 23.1 Å². The van der Waals surface area contributed by atoms with Crippen molar-refractivity contribution < 1.29 is 23.5 Å². The van der Waals surface area contributed by atoms with Crippen LogP contribution < -0.4 is 10.2 Å². The number of rotatable bonds is 6. The van der Waals surface area contributed by atoms with Crippen LogP contribution in [-0.4, -0.2) is 58.2 Å². The summed E-state index contributed by atoms with van der Waals surface area (Å²) in [6.07, 6.45) is 1.23. The molecule has 1 atom stereocenters. The number of alkyl carbamates (subject to hydrolysis) is 1. The van der Waals surface area contributed by atoms with Gasteiger partial charge < -0.3 is 14.8 Å². The van der Waals surface area contributed by atoms with Gasteiger partial charge in [-0.05, 0) is 18.2 Å². The number of benzene rings is 1. The largest absolute Gasteiger partial charge is 0.453 e. The highest BCUT2D eigenvalue weighted by Gasteiger charge is 2.33. The smallest absolute Gasteiger partial charge is 0.414 e. The van der Waals surface area contributed by atoms with Gasteiger partial charge in [0.25, 0.3) is 0 Å². The summed E-state index contributed by atoms with van der Waals surface area (Å²) in [5, 5.41) is 8.86. The summed E-state index contributed by atoms with van der Waals surface area (Å²) in [6.45, 7) is 0.723. The lowest BCUT2D eigenvalue weighted by molar-refractivity contribution is 0.132. The van der Waals surface area contributed by atoms with Gasteiger partial charge in [-0.25, -0.2) is 28.6 Å². The Kier molecular flexibility index (Phi) is 5.57. The Hall–Kier alpha value is -3.54. The Morgan fingerprint density at radius 3 is 3.07 bits per heavy atom. The molecule has 12 heteroatoms. The average Bonchev–Trinajstić information content (AvgIpc) is 3.48. The molecule has 1 aliphatic heterocycles. The molecule has 0 saturated carbocycles. The fourth-order valence-electron chi connectivity index (χ4n) is 2.94. The molecular weight excluding hydrogens is 415 g/mol. The van der Waals surface area contributed by atoms with Crippen molar-refractivity contribution in [1.82, 2.24) is 25.1 Å². The minimum atomic E-state index is -0.619. The number of carbonyl (C=O) groups is 2. The number of nitrogens with zero attached hydrogens (tertiary/aromatic N) is 5. The lowest BCUT2D eigenvalue weighted by Gasteiger charge is -2.14. The van der Waals surface area contributed by atoms with Crippen molar-refractivity contribution in [3.05, 3.63) is 47.7 Å². The maximum Gasteiger partial charge on any atom is 0.414 e. The predicted octanol–water partition coefficient (Wildman–Crippen LogP) is 2.27. The third kappa shape index (κ3) is 4.22. The summed E-state index contributed by atoms with van der Waals surface area (Å²) in [5.41, 5.74) is 1.44. The summed E-state index contributed by atoms with van der Waals surface area (Å²) in [4.78, 5) is 32.9. The van der Waals surface area contributed by atoms with E-state index in [1.165, 1.54) is 35.7 Å². The van der Waals surface area contributed by atoms with Crippen LogP contribution in [0.3, 0.4) is 0 Å². The second-order valence-electron chi connectivity index (χ2n) is 6.39. The first-order chi connectivity index (χ1) is 14.5. The molecule has 30 heavy (non-hydrogen) atoms. The van der Waals surface area contributed by atoms with Crippen LogP contribution in [0.2, 0.25) is 0 Å². The molecule has 0 spiro atoms. The van der Waals surface area contributed by atoms with Crippen molar-refractivity contribution in [1.29, 1.82) is 0 Å². The van der Waals surface area contributed by atoms with Crippen molar-refractivity contribution in [2.45, 2.75) is 12.6 Å². The number of thiazole rings is 1. The van der Waals surface area contributed by atoms with Crippen molar-refractivity contribution in [2.75, 3.05) is 25.1 Å². The second-order valence-corrected chi connectivity index (χ2v) is 7.25. The third-order valence-corrected chi connectivity index (χ3v) is 5.30. The van der Waals surface area contributed by atoms with Gasteiger partial charge in [0.05, 0.1) is 38.1 Å². The van der Waals surface area contributed by atoms with Crippen LogP contribution in [0.5, 0.6) is 0 Å². The molecule has 1 fully saturated rings. The quantitative estimate of drug-likeness (QED) is 0.636. The highest BCUT2D eigenvalue weighted by molar-refractivity contribution is 7.13. The highest BCUT2D eigenvalue weighted by Crippen LogP contribution is 2.31. The number of aromatic nitrogens is 4. The topological polar surface area (TPSA) is 111 Å². The van der Waals surface area contributed by atoms with Gasteiger partial charge in [0.15, 0.2) is 0 Å². The number of carbonyl (C=O) groups excluding carboxylic acids is 2. The SMILES string of the molecule is COC(=O)NC[C@H]1CN(c2ccc(-c3nc(Cn4cncn4)cs3)c(F)c2)C(=O)O1.